The van der Waals surface area contributed by atoms with Crippen molar-refractivity contribution < 1.29 is 9.90 Å². The first-order chi connectivity index (χ1) is 9.45. The van der Waals surface area contributed by atoms with E-state index >= 15 is 0 Å². The molecule has 0 aromatic heterocycles. The van der Waals surface area contributed by atoms with Crippen molar-refractivity contribution in [1.82, 2.24) is 20.0 Å². The molecule has 0 radical (unpaired) electrons. The standard InChI is InChI=1S/C14H30N4O2/c1-12(11-19)17(4)14(20)15-7-10-18-8-5-13(6-9-18)16(2)3/h12-13,19H,5-11H2,1-4H3,(H,15,20). The molecule has 1 unspecified atom stereocenters. The number of hydrogen-bond acceptors (Lipinski definition) is 4. The van der Waals surface area contributed by atoms with Gasteiger partial charge in [0.05, 0.1) is 12.6 Å². The predicted molar refractivity (Wildman–Crippen MR) is 80.9 cm³/mol. The molecular formula is C14H30N4O2. The molecule has 1 rings (SSSR count). The fraction of sp³-hybridized carbons (Fsp3) is 0.929. The molecule has 20 heavy (non-hydrogen) atoms. The van der Waals surface area contributed by atoms with Gasteiger partial charge in [-0.1, -0.05) is 0 Å². The normalized spacial score (nSPS) is 19.1. The SMILES string of the molecule is CC(CO)N(C)C(=O)NCCN1CCC(N(C)C)CC1. The van der Waals surface area contributed by atoms with Gasteiger partial charge in [0.2, 0.25) is 0 Å². The van der Waals surface area contributed by atoms with E-state index in [9.17, 15) is 4.79 Å². The molecule has 0 aliphatic carbocycles. The summed E-state index contributed by atoms with van der Waals surface area (Å²) < 4.78 is 0. The van der Waals surface area contributed by atoms with Crippen LogP contribution in [0.1, 0.15) is 19.8 Å². The zero-order valence-electron chi connectivity index (χ0n) is 13.3. The maximum Gasteiger partial charge on any atom is 0.317 e. The molecular weight excluding hydrogens is 256 g/mol. The lowest BCUT2D eigenvalue weighted by molar-refractivity contribution is 0.140. The van der Waals surface area contributed by atoms with Crippen molar-refractivity contribution in [3.63, 3.8) is 0 Å². The smallest absolute Gasteiger partial charge is 0.317 e. The average Bonchev–Trinajstić information content (AvgIpc) is 2.45. The largest absolute Gasteiger partial charge is 0.394 e. The number of amides is 2. The Hall–Kier alpha value is -0.850. The van der Waals surface area contributed by atoms with Crippen molar-refractivity contribution in [2.45, 2.75) is 31.8 Å². The molecule has 6 heteroatoms. The lowest BCUT2D eigenvalue weighted by Crippen LogP contribution is -2.47. The molecule has 1 heterocycles. The highest BCUT2D eigenvalue weighted by atomic mass is 16.3. The molecule has 1 aliphatic rings. The van der Waals surface area contributed by atoms with Crippen LogP contribution in [0.15, 0.2) is 0 Å². The Morgan fingerprint density at radius 2 is 1.95 bits per heavy atom. The summed E-state index contributed by atoms with van der Waals surface area (Å²) in [5.41, 5.74) is 0. The second kappa shape index (κ2) is 8.44. The van der Waals surface area contributed by atoms with Crippen molar-refractivity contribution in [1.29, 1.82) is 0 Å². The topological polar surface area (TPSA) is 59.1 Å². The summed E-state index contributed by atoms with van der Waals surface area (Å²) in [6.45, 7) is 5.57. The molecule has 0 aromatic carbocycles. The predicted octanol–water partition coefficient (Wildman–Crippen LogP) is 0.0346. The van der Waals surface area contributed by atoms with Gasteiger partial charge in [-0.25, -0.2) is 4.79 Å². The van der Waals surface area contributed by atoms with Gasteiger partial charge in [0.25, 0.3) is 0 Å². The molecule has 118 valence electrons. The Labute approximate surface area is 122 Å². The van der Waals surface area contributed by atoms with Gasteiger partial charge < -0.3 is 25.1 Å². The van der Waals surface area contributed by atoms with Crippen LogP contribution in [0.5, 0.6) is 0 Å². The van der Waals surface area contributed by atoms with Crippen LogP contribution < -0.4 is 5.32 Å². The Morgan fingerprint density at radius 3 is 2.45 bits per heavy atom. The van der Waals surface area contributed by atoms with E-state index < -0.39 is 0 Å². The molecule has 0 saturated carbocycles. The molecule has 0 bridgehead atoms. The summed E-state index contributed by atoms with van der Waals surface area (Å²) >= 11 is 0. The summed E-state index contributed by atoms with van der Waals surface area (Å²) in [6, 6.07) is 0.429. The Kier molecular flexibility index (Phi) is 7.26. The van der Waals surface area contributed by atoms with E-state index in [0.717, 1.165) is 19.6 Å². The molecule has 1 saturated heterocycles. The summed E-state index contributed by atoms with van der Waals surface area (Å²) in [5.74, 6) is 0. The molecule has 1 atom stereocenters. The highest BCUT2D eigenvalue weighted by molar-refractivity contribution is 5.74. The number of carbonyl (C=O) groups is 1. The first-order valence-corrected chi connectivity index (χ1v) is 7.46. The number of urea groups is 1. The first-order valence-electron chi connectivity index (χ1n) is 7.46. The van der Waals surface area contributed by atoms with Crippen molar-refractivity contribution in [3.8, 4) is 0 Å². The number of likely N-dealkylation sites (tertiary alicyclic amines) is 1. The zero-order chi connectivity index (χ0) is 15.1. The highest BCUT2D eigenvalue weighted by Crippen LogP contribution is 2.13. The van der Waals surface area contributed by atoms with E-state index in [1.165, 1.54) is 17.7 Å². The number of piperidine rings is 1. The molecule has 0 aromatic rings. The average molecular weight is 286 g/mol. The van der Waals surface area contributed by atoms with Crippen LogP contribution in [0.4, 0.5) is 4.79 Å². The second-order valence-electron chi connectivity index (χ2n) is 5.91. The third kappa shape index (κ3) is 5.26. The molecule has 6 nitrogen and oxygen atoms in total. The zero-order valence-corrected chi connectivity index (χ0v) is 13.3. The van der Waals surface area contributed by atoms with E-state index in [0.29, 0.717) is 12.6 Å². The van der Waals surface area contributed by atoms with Crippen LogP contribution in [0.3, 0.4) is 0 Å². The highest BCUT2D eigenvalue weighted by Gasteiger charge is 2.20. The van der Waals surface area contributed by atoms with Crippen LogP contribution in [0.2, 0.25) is 0 Å². The maximum atomic E-state index is 11.8. The van der Waals surface area contributed by atoms with Crippen molar-refractivity contribution >= 4 is 6.03 Å². The van der Waals surface area contributed by atoms with Gasteiger partial charge in [-0.2, -0.15) is 0 Å². The minimum atomic E-state index is -0.147. The Balaban J connectivity index is 2.17. The number of likely N-dealkylation sites (N-methyl/N-ethyl adjacent to an activating group) is 1. The van der Waals surface area contributed by atoms with E-state index in [4.69, 9.17) is 5.11 Å². The van der Waals surface area contributed by atoms with Crippen LogP contribution in [-0.4, -0.2) is 91.8 Å². The van der Waals surface area contributed by atoms with Gasteiger partial charge in [-0.3, -0.25) is 0 Å². The first kappa shape index (κ1) is 17.2. The van der Waals surface area contributed by atoms with E-state index in [1.54, 1.807) is 7.05 Å². The third-order valence-corrected chi connectivity index (χ3v) is 4.24. The summed E-state index contributed by atoms with van der Waals surface area (Å²) in [5, 5.41) is 11.9. The number of aliphatic hydroxyl groups excluding tert-OH is 1. The van der Waals surface area contributed by atoms with Gasteiger partial charge in [0, 0.05) is 26.2 Å². The van der Waals surface area contributed by atoms with Crippen LogP contribution in [-0.2, 0) is 0 Å². The van der Waals surface area contributed by atoms with Crippen LogP contribution in [0.25, 0.3) is 0 Å². The second-order valence-corrected chi connectivity index (χ2v) is 5.91. The number of nitrogens with zero attached hydrogens (tertiary/aromatic N) is 3. The Bertz CT molecular complexity index is 291. The van der Waals surface area contributed by atoms with Gasteiger partial charge in [0.15, 0.2) is 0 Å². The van der Waals surface area contributed by atoms with Crippen molar-refractivity contribution in [2.75, 3.05) is 53.9 Å². The molecule has 2 amide bonds. The lowest BCUT2D eigenvalue weighted by atomic mass is 10.0. The number of aliphatic hydroxyl groups is 1. The van der Waals surface area contributed by atoms with E-state index in [-0.39, 0.29) is 18.7 Å². The quantitative estimate of drug-likeness (QED) is 0.723. The van der Waals surface area contributed by atoms with Crippen LogP contribution in [0, 0.1) is 0 Å². The molecule has 1 aliphatic heterocycles. The van der Waals surface area contributed by atoms with Crippen molar-refractivity contribution in [3.05, 3.63) is 0 Å². The van der Waals surface area contributed by atoms with Gasteiger partial charge in [-0.05, 0) is 47.0 Å². The Morgan fingerprint density at radius 1 is 1.35 bits per heavy atom. The van der Waals surface area contributed by atoms with Gasteiger partial charge in [0.1, 0.15) is 0 Å². The van der Waals surface area contributed by atoms with E-state index in [2.05, 4.69) is 29.2 Å². The van der Waals surface area contributed by atoms with Gasteiger partial charge >= 0.3 is 6.03 Å². The number of nitrogens with one attached hydrogen (secondary N) is 1. The third-order valence-electron chi connectivity index (χ3n) is 4.24. The van der Waals surface area contributed by atoms with Gasteiger partial charge in [-0.15, -0.1) is 0 Å². The minimum Gasteiger partial charge on any atom is -0.394 e. The number of rotatable bonds is 6. The number of hydrogen-bond donors (Lipinski definition) is 2. The molecule has 1 fully saturated rings. The van der Waals surface area contributed by atoms with Crippen LogP contribution >= 0.6 is 0 Å². The fourth-order valence-electron chi connectivity index (χ4n) is 2.43. The lowest BCUT2D eigenvalue weighted by Gasteiger charge is -2.35. The maximum absolute atomic E-state index is 11.8. The summed E-state index contributed by atoms with van der Waals surface area (Å²) in [4.78, 5) is 18.0. The molecule has 2 N–H and O–H groups in total. The monoisotopic (exact) mass is 286 g/mol. The number of carbonyl (C=O) groups excluding carboxylic acids is 1. The fourth-order valence-corrected chi connectivity index (χ4v) is 2.43. The van der Waals surface area contributed by atoms with Crippen molar-refractivity contribution in [2.24, 2.45) is 0 Å². The summed E-state index contributed by atoms with van der Waals surface area (Å²) in [7, 11) is 5.98. The molecule has 0 spiro atoms. The minimum absolute atomic E-state index is 0.0119. The van der Waals surface area contributed by atoms with E-state index in [1.807, 2.05) is 6.92 Å². The summed E-state index contributed by atoms with van der Waals surface area (Å²) in [6.07, 6.45) is 2.39.